The summed E-state index contributed by atoms with van der Waals surface area (Å²) in [6.07, 6.45) is -5.28. The number of carbonyl (C=O) groups is 3. The van der Waals surface area contributed by atoms with Gasteiger partial charge in [-0.05, 0) is 0 Å². The lowest BCUT2D eigenvalue weighted by Crippen LogP contribution is -2.16. The van der Waals surface area contributed by atoms with Gasteiger partial charge in [-0.3, -0.25) is 14.4 Å². The molecule has 0 spiro atoms. The van der Waals surface area contributed by atoms with E-state index < -0.39 is 29.6 Å². The number of hydrogen-bond acceptors (Lipinski definition) is 7. The second kappa shape index (κ2) is 7.24. The van der Waals surface area contributed by atoms with Gasteiger partial charge in [-0.25, -0.2) is 0 Å². The van der Waals surface area contributed by atoms with Crippen LogP contribution in [0.3, 0.4) is 0 Å². The topological polar surface area (TPSA) is 99.4 Å². The summed E-state index contributed by atoms with van der Waals surface area (Å²) >= 11 is 0. The van der Waals surface area contributed by atoms with Gasteiger partial charge in [-0.2, -0.15) is 18.2 Å². The van der Waals surface area contributed by atoms with Gasteiger partial charge in [0.25, 0.3) is 0 Å². The van der Waals surface area contributed by atoms with Crippen molar-refractivity contribution in [2.45, 2.75) is 19.0 Å². The largest absolute Gasteiger partial charge is 0.471 e. The summed E-state index contributed by atoms with van der Waals surface area (Å²) in [4.78, 5) is 37.8. The lowest BCUT2D eigenvalue weighted by molar-refractivity contribution is -0.159. The number of nitrogens with zero attached hydrogens (tertiary/aromatic N) is 2. The first-order chi connectivity index (χ1) is 11.7. The zero-order valence-corrected chi connectivity index (χ0v) is 12.8. The number of hydrogen-bond donors (Lipinski definition) is 0. The van der Waals surface area contributed by atoms with Gasteiger partial charge in [-0.15, -0.1) is 0 Å². The highest BCUT2D eigenvalue weighted by atomic mass is 19.4. The molecule has 0 bridgehead atoms. The number of esters is 1. The molecule has 10 heteroatoms. The smallest absolute Gasteiger partial charge is 0.469 e. The van der Waals surface area contributed by atoms with Crippen LogP contribution in [0.4, 0.5) is 13.2 Å². The summed E-state index contributed by atoms with van der Waals surface area (Å²) in [6, 6.07) is 5.06. The van der Waals surface area contributed by atoms with Crippen LogP contribution >= 0.6 is 0 Å². The Morgan fingerprint density at radius 1 is 1.12 bits per heavy atom. The van der Waals surface area contributed by atoms with E-state index in [0.717, 1.165) is 7.11 Å². The predicted octanol–water partition coefficient (Wildman–Crippen LogP) is 2.46. The molecule has 0 N–H and O–H groups in total. The highest BCUT2D eigenvalue weighted by molar-refractivity contribution is 6.43. The van der Waals surface area contributed by atoms with Crippen molar-refractivity contribution in [2.24, 2.45) is 0 Å². The number of halogens is 3. The number of ether oxygens (including phenoxy) is 1. The zero-order chi connectivity index (χ0) is 18.6. The monoisotopic (exact) mass is 356 g/mol. The van der Waals surface area contributed by atoms with E-state index in [1.54, 1.807) is 0 Å². The molecule has 2 aromatic rings. The predicted molar refractivity (Wildman–Crippen MR) is 75.3 cm³/mol. The number of methoxy groups -OCH3 is 1. The summed E-state index contributed by atoms with van der Waals surface area (Å²) in [5.74, 6) is -4.00. The fourth-order valence-corrected chi connectivity index (χ4v) is 1.82. The minimum Gasteiger partial charge on any atom is -0.469 e. The molecule has 0 aliphatic heterocycles. The van der Waals surface area contributed by atoms with Crippen LogP contribution in [0.15, 0.2) is 28.8 Å². The second-order valence-electron chi connectivity index (χ2n) is 4.83. The van der Waals surface area contributed by atoms with Crippen LogP contribution in [0.1, 0.15) is 29.1 Å². The number of carbonyl (C=O) groups excluding carboxylic acids is 3. The number of aromatic nitrogens is 2. The molecule has 0 amide bonds. The van der Waals surface area contributed by atoms with Crippen LogP contribution in [0.5, 0.6) is 0 Å². The first-order valence-corrected chi connectivity index (χ1v) is 6.88. The third-order valence-corrected chi connectivity index (χ3v) is 3.11. The van der Waals surface area contributed by atoms with Crippen LogP contribution in [0.2, 0.25) is 0 Å². The standard InChI is InChI=1S/C15H11F3N2O5/c1-24-11(22)7-6-10(21)12(23)8-2-4-9(5-3-8)13-19-14(25-20-13)15(16,17)18/h2-5H,6-7H2,1H3. The first-order valence-electron chi connectivity index (χ1n) is 6.88. The van der Waals surface area contributed by atoms with Crippen molar-refractivity contribution in [3.8, 4) is 11.4 Å². The second-order valence-corrected chi connectivity index (χ2v) is 4.83. The van der Waals surface area contributed by atoms with Gasteiger partial charge in [0, 0.05) is 17.5 Å². The van der Waals surface area contributed by atoms with Crippen molar-refractivity contribution in [3.63, 3.8) is 0 Å². The molecule has 0 saturated carbocycles. The van der Waals surface area contributed by atoms with Crippen LogP contribution in [-0.2, 0) is 20.5 Å². The molecular formula is C15H11F3N2O5. The number of Topliss-reactive ketones (excluding diaryl/α,β-unsaturated/α-hetero) is 2. The minimum atomic E-state index is -4.76. The third-order valence-electron chi connectivity index (χ3n) is 3.11. The number of benzene rings is 1. The van der Waals surface area contributed by atoms with Gasteiger partial charge in [0.15, 0.2) is 0 Å². The molecule has 0 aliphatic carbocycles. The van der Waals surface area contributed by atoms with Gasteiger partial charge < -0.3 is 9.26 Å². The molecular weight excluding hydrogens is 345 g/mol. The summed E-state index contributed by atoms with van der Waals surface area (Å²) in [6.45, 7) is 0. The Balaban J connectivity index is 2.09. The third kappa shape index (κ3) is 4.49. The van der Waals surface area contributed by atoms with E-state index >= 15 is 0 Å². The maximum atomic E-state index is 12.4. The van der Waals surface area contributed by atoms with Gasteiger partial charge in [-0.1, -0.05) is 29.4 Å². The Hall–Kier alpha value is -3.04. The Morgan fingerprint density at radius 2 is 1.76 bits per heavy atom. The molecule has 0 atom stereocenters. The summed E-state index contributed by atoms with van der Waals surface area (Å²) in [5, 5.41) is 3.21. The lowest BCUT2D eigenvalue weighted by Gasteiger charge is -2.01. The van der Waals surface area contributed by atoms with Crippen LogP contribution < -0.4 is 0 Å². The first kappa shape index (κ1) is 18.3. The molecule has 1 aromatic carbocycles. The summed E-state index contributed by atoms with van der Waals surface area (Å²) in [5.41, 5.74) is 0.205. The molecule has 0 fully saturated rings. The molecule has 2 rings (SSSR count). The van der Waals surface area contributed by atoms with Crippen LogP contribution in [0.25, 0.3) is 11.4 Å². The van der Waals surface area contributed by atoms with Crippen molar-refractivity contribution >= 4 is 17.5 Å². The van der Waals surface area contributed by atoms with E-state index in [-0.39, 0.29) is 29.8 Å². The Labute approximate surface area is 138 Å². The highest BCUT2D eigenvalue weighted by Gasteiger charge is 2.38. The number of rotatable bonds is 6. The van der Waals surface area contributed by atoms with E-state index in [4.69, 9.17) is 0 Å². The molecule has 25 heavy (non-hydrogen) atoms. The highest BCUT2D eigenvalue weighted by Crippen LogP contribution is 2.29. The summed E-state index contributed by atoms with van der Waals surface area (Å²) in [7, 11) is 1.16. The number of alkyl halides is 3. The molecule has 132 valence electrons. The number of ketones is 2. The maximum Gasteiger partial charge on any atom is 0.471 e. The fourth-order valence-electron chi connectivity index (χ4n) is 1.82. The zero-order valence-electron chi connectivity index (χ0n) is 12.8. The maximum absolute atomic E-state index is 12.4. The van der Waals surface area contributed by atoms with Crippen LogP contribution in [0, 0.1) is 0 Å². The van der Waals surface area contributed by atoms with Gasteiger partial charge >= 0.3 is 18.0 Å². The van der Waals surface area contributed by atoms with E-state index in [0.29, 0.717) is 0 Å². The van der Waals surface area contributed by atoms with Gasteiger partial charge in [0.2, 0.25) is 17.4 Å². The quantitative estimate of drug-likeness (QED) is 0.445. The van der Waals surface area contributed by atoms with Crippen molar-refractivity contribution in [2.75, 3.05) is 7.11 Å². The fraction of sp³-hybridized carbons (Fsp3) is 0.267. The molecule has 1 heterocycles. The Morgan fingerprint density at radius 3 is 2.28 bits per heavy atom. The van der Waals surface area contributed by atoms with Crippen molar-refractivity contribution < 1.29 is 36.8 Å². The normalized spacial score (nSPS) is 11.2. The molecule has 0 aliphatic rings. The van der Waals surface area contributed by atoms with E-state index in [9.17, 15) is 27.6 Å². The molecule has 0 unspecified atom stereocenters. The summed E-state index contributed by atoms with van der Waals surface area (Å²) < 4.78 is 45.7. The minimum absolute atomic E-state index is 0.0261. The molecule has 0 saturated heterocycles. The SMILES string of the molecule is COC(=O)CCC(=O)C(=O)c1ccc(-c2noc(C(F)(F)F)n2)cc1. The van der Waals surface area contributed by atoms with Crippen molar-refractivity contribution in [3.05, 3.63) is 35.7 Å². The van der Waals surface area contributed by atoms with Crippen molar-refractivity contribution in [1.82, 2.24) is 10.1 Å². The van der Waals surface area contributed by atoms with E-state index in [2.05, 4.69) is 19.4 Å². The van der Waals surface area contributed by atoms with Crippen LogP contribution in [-0.4, -0.2) is 34.8 Å². The molecule has 7 nitrogen and oxygen atoms in total. The lowest BCUT2D eigenvalue weighted by atomic mass is 10.0. The average molecular weight is 356 g/mol. The Bertz CT molecular complexity index is 796. The molecule has 1 aromatic heterocycles. The van der Waals surface area contributed by atoms with E-state index in [1.165, 1.54) is 24.3 Å². The molecule has 0 radical (unpaired) electrons. The Kier molecular flexibility index (Phi) is 5.30. The van der Waals surface area contributed by atoms with E-state index in [1.807, 2.05) is 0 Å². The van der Waals surface area contributed by atoms with Gasteiger partial charge in [0.05, 0.1) is 13.5 Å². The van der Waals surface area contributed by atoms with Gasteiger partial charge in [0.1, 0.15) is 0 Å². The average Bonchev–Trinajstić information content (AvgIpc) is 3.09. The van der Waals surface area contributed by atoms with Crippen molar-refractivity contribution in [1.29, 1.82) is 0 Å².